The average Bonchev–Trinajstić information content (AvgIpc) is 2.77. The minimum Gasteiger partial charge on any atom is -0.480 e. The molecular weight excluding hydrogens is 242 g/mol. The highest BCUT2D eigenvalue weighted by atomic mass is 16.4. The number of carboxylic acids is 1. The van der Waals surface area contributed by atoms with Crippen molar-refractivity contribution in [1.29, 1.82) is 0 Å². The Kier molecular flexibility index (Phi) is 5.83. The summed E-state index contributed by atoms with van der Waals surface area (Å²) in [7, 11) is 0. The van der Waals surface area contributed by atoms with Gasteiger partial charge in [0.25, 0.3) is 0 Å². The van der Waals surface area contributed by atoms with Gasteiger partial charge in [-0.1, -0.05) is 40.0 Å². The molecule has 1 rings (SSSR count). The van der Waals surface area contributed by atoms with Gasteiger partial charge in [-0.25, -0.2) is 4.79 Å². The molecule has 2 N–H and O–H groups in total. The van der Waals surface area contributed by atoms with Crippen LogP contribution >= 0.6 is 0 Å². The molecule has 1 aliphatic carbocycles. The first-order chi connectivity index (χ1) is 8.91. The maximum absolute atomic E-state index is 12.5. The first-order valence-electron chi connectivity index (χ1n) is 7.45. The number of amides is 1. The Bertz CT molecular complexity index is 319. The highest BCUT2D eigenvalue weighted by Crippen LogP contribution is 2.43. The fourth-order valence-corrected chi connectivity index (χ4v) is 3.21. The average molecular weight is 269 g/mol. The van der Waals surface area contributed by atoms with Crippen LogP contribution in [0.4, 0.5) is 0 Å². The summed E-state index contributed by atoms with van der Waals surface area (Å²) in [5.74, 6) is -0.509. The molecule has 110 valence electrons. The smallest absolute Gasteiger partial charge is 0.326 e. The molecule has 0 aromatic rings. The van der Waals surface area contributed by atoms with Crippen LogP contribution in [0.1, 0.15) is 65.7 Å². The van der Waals surface area contributed by atoms with Crippen LogP contribution in [0, 0.1) is 11.3 Å². The van der Waals surface area contributed by atoms with Gasteiger partial charge in [-0.2, -0.15) is 0 Å². The second-order valence-corrected chi connectivity index (χ2v) is 6.24. The topological polar surface area (TPSA) is 66.4 Å². The lowest BCUT2D eigenvalue weighted by atomic mass is 9.77. The van der Waals surface area contributed by atoms with Gasteiger partial charge in [0.05, 0.1) is 0 Å². The summed E-state index contributed by atoms with van der Waals surface area (Å²) in [5.41, 5.74) is -0.324. The van der Waals surface area contributed by atoms with Gasteiger partial charge < -0.3 is 10.4 Å². The third-order valence-electron chi connectivity index (χ3n) is 4.02. The van der Waals surface area contributed by atoms with Crippen molar-refractivity contribution >= 4 is 11.9 Å². The minimum atomic E-state index is -0.923. The van der Waals surface area contributed by atoms with Crippen LogP contribution in [-0.2, 0) is 9.59 Å². The van der Waals surface area contributed by atoms with Crippen molar-refractivity contribution in [3.05, 3.63) is 0 Å². The Balaban J connectivity index is 2.74. The molecule has 1 atom stereocenters. The monoisotopic (exact) mass is 269 g/mol. The van der Waals surface area contributed by atoms with Gasteiger partial charge in [-0.05, 0) is 31.6 Å². The number of carbonyl (C=O) groups is 2. The maximum Gasteiger partial charge on any atom is 0.326 e. The lowest BCUT2D eigenvalue weighted by Gasteiger charge is -2.31. The van der Waals surface area contributed by atoms with Gasteiger partial charge in [-0.3, -0.25) is 4.79 Å². The van der Waals surface area contributed by atoms with Crippen LogP contribution in [0.25, 0.3) is 0 Å². The summed E-state index contributed by atoms with van der Waals surface area (Å²) in [6.07, 6.45) is 6.06. The molecule has 0 aliphatic heterocycles. The number of aliphatic carboxylic acids is 1. The summed E-state index contributed by atoms with van der Waals surface area (Å²) < 4.78 is 0. The Morgan fingerprint density at radius 2 is 1.84 bits per heavy atom. The number of nitrogens with one attached hydrogen (secondary N) is 1. The number of rotatable bonds is 7. The van der Waals surface area contributed by atoms with E-state index in [1.54, 1.807) is 0 Å². The zero-order valence-corrected chi connectivity index (χ0v) is 12.4. The van der Waals surface area contributed by atoms with E-state index in [1.165, 1.54) is 0 Å². The quantitative estimate of drug-likeness (QED) is 0.746. The largest absolute Gasteiger partial charge is 0.480 e. The van der Waals surface area contributed by atoms with Gasteiger partial charge in [-0.15, -0.1) is 0 Å². The summed E-state index contributed by atoms with van der Waals surface area (Å²) >= 11 is 0. The van der Waals surface area contributed by atoms with Gasteiger partial charge in [0.2, 0.25) is 5.91 Å². The molecule has 1 saturated carbocycles. The van der Waals surface area contributed by atoms with Crippen LogP contribution < -0.4 is 5.32 Å². The third kappa shape index (κ3) is 4.22. The van der Waals surface area contributed by atoms with Crippen LogP contribution in [-0.4, -0.2) is 23.0 Å². The maximum atomic E-state index is 12.5. The van der Waals surface area contributed by atoms with E-state index in [2.05, 4.69) is 19.2 Å². The predicted octanol–water partition coefficient (Wildman–Crippen LogP) is 2.96. The summed E-state index contributed by atoms with van der Waals surface area (Å²) in [6.45, 7) is 6.17. The fraction of sp³-hybridized carbons (Fsp3) is 0.867. The molecule has 0 aromatic heterocycles. The van der Waals surface area contributed by atoms with Gasteiger partial charge >= 0.3 is 5.97 Å². The molecule has 4 nitrogen and oxygen atoms in total. The Hall–Kier alpha value is -1.06. The zero-order valence-electron chi connectivity index (χ0n) is 12.4. The van der Waals surface area contributed by atoms with E-state index >= 15 is 0 Å². The third-order valence-corrected chi connectivity index (χ3v) is 4.02. The predicted molar refractivity (Wildman–Crippen MR) is 74.8 cm³/mol. The summed E-state index contributed by atoms with van der Waals surface area (Å²) in [4.78, 5) is 23.7. The second kappa shape index (κ2) is 6.92. The number of hydrogen-bond donors (Lipinski definition) is 2. The van der Waals surface area contributed by atoms with Crippen LogP contribution in [0.3, 0.4) is 0 Å². The van der Waals surface area contributed by atoms with E-state index in [1.807, 2.05) is 6.92 Å². The lowest BCUT2D eigenvalue weighted by molar-refractivity contribution is -0.144. The van der Waals surface area contributed by atoms with Gasteiger partial charge in [0, 0.05) is 5.41 Å². The minimum absolute atomic E-state index is 0.0421. The normalized spacial score (nSPS) is 19.4. The van der Waals surface area contributed by atoms with Crippen molar-refractivity contribution in [3.8, 4) is 0 Å². The molecule has 0 saturated heterocycles. The molecule has 0 spiro atoms. The number of hydrogen-bond acceptors (Lipinski definition) is 2. The molecule has 0 radical (unpaired) electrons. The second-order valence-electron chi connectivity index (χ2n) is 6.24. The van der Waals surface area contributed by atoms with Crippen LogP contribution in [0.15, 0.2) is 0 Å². The highest BCUT2D eigenvalue weighted by Gasteiger charge is 2.42. The summed E-state index contributed by atoms with van der Waals surface area (Å²) in [5, 5.41) is 11.9. The first-order valence-corrected chi connectivity index (χ1v) is 7.45. The van der Waals surface area contributed by atoms with E-state index in [0.717, 1.165) is 38.5 Å². The molecule has 4 heteroatoms. The standard InChI is InChI=1S/C15H27NO3/c1-4-7-12(13(17)18)16-14(19)15(10-11(2)3)8-5-6-9-15/h11-12H,4-10H2,1-3H3,(H,16,19)(H,17,18). The lowest BCUT2D eigenvalue weighted by Crippen LogP contribution is -2.48. The molecule has 1 fully saturated rings. The van der Waals surface area contributed by atoms with E-state index in [0.29, 0.717) is 12.3 Å². The van der Waals surface area contributed by atoms with Crippen molar-refractivity contribution in [1.82, 2.24) is 5.32 Å². The Morgan fingerprint density at radius 1 is 1.26 bits per heavy atom. The molecule has 19 heavy (non-hydrogen) atoms. The fourth-order valence-electron chi connectivity index (χ4n) is 3.21. The Labute approximate surface area is 116 Å². The van der Waals surface area contributed by atoms with E-state index in [4.69, 9.17) is 5.11 Å². The molecule has 0 aromatic carbocycles. The van der Waals surface area contributed by atoms with Crippen molar-refractivity contribution in [2.45, 2.75) is 71.8 Å². The number of carboxylic acid groups (broad SMARTS) is 1. The molecule has 1 aliphatic rings. The molecule has 1 unspecified atom stereocenters. The highest BCUT2D eigenvalue weighted by molar-refractivity contribution is 5.87. The molecular formula is C15H27NO3. The summed E-state index contributed by atoms with van der Waals surface area (Å²) in [6, 6.07) is -0.734. The number of carbonyl (C=O) groups excluding carboxylic acids is 1. The first kappa shape index (κ1) is 16.0. The van der Waals surface area contributed by atoms with Gasteiger partial charge in [0.15, 0.2) is 0 Å². The Morgan fingerprint density at radius 3 is 2.26 bits per heavy atom. The SMILES string of the molecule is CCCC(NC(=O)C1(CC(C)C)CCCC1)C(=O)O. The van der Waals surface area contributed by atoms with E-state index < -0.39 is 12.0 Å². The van der Waals surface area contributed by atoms with Crippen molar-refractivity contribution in [2.75, 3.05) is 0 Å². The van der Waals surface area contributed by atoms with Gasteiger partial charge in [0.1, 0.15) is 6.04 Å². The van der Waals surface area contributed by atoms with Crippen LogP contribution in [0.2, 0.25) is 0 Å². The molecule has 0 heterocycles. The van der Waals surface area contributed by atoms with E-state index in [9.17, 15) is 9.59 Å². The molecule has 1 amide bonds. The van der Waals surface area contributed by atoms with E-state index in [-0.39, 0.29) is 11.3 Å². The van der Waals surface area contributed by atoms with Crippen molar-refractivity contribution in [3.63, 3.8) is 0 Å². The van der Waals surface area contributed by atoms with Crippen LogP contribution in [0.5, 0.6) is 0 Å². The van der Waals surface area contributed by atoms with Crippen molar-refractivity contribution < 1.29 is 14.7 Å². The molecule has 0 bridgehead atoms. The van der Waals surface area contributed by atoms with Crippen molar-refractivity contribution in [2.24, 2.45) is 11.3 Å². The zero-order chi connectivity index (χ0) is 14.5.